The predicted molar refractivity (Wildman–Crippen MR) is 77.1 cm³/mol. The fourth-order valence-corrected chi connectivity index (χ4v) is 2.89. The highest BCUT2D eigenvalue weighted by Gasteiger charge is 2.31. The van der Waals surface area contributed by atoms with Gasteiger partial charge in [0.25, 0.3) is 0 Å². The Bertz CT molecular complexity index is 649. The Morgan fingerprint density at radius 3 is 2.45 bits per heavy atom. The van der Waals surface area contributed by atoms with Gasteiger partial charge in [0.05, 0.1) is 27.9 Å². The van der Waals surface area contributed by atoms with Crippen LogP contribution in [0, 0.1) is 0 Å². The smallest absolute Gasteiger partial charge is 0.358 e. The van der Waals surface area contributed by atoms with E-state index < -0.39 is 17.4 Å². The zero-order chi connectivity index (χ0) is 16.3. The van der Waals surface area contributed by atoms with Crippen LogP contribution >= 0.6 is 12.0 Å². The van der Waals surface area contributed by atoms with Crippen LogP contribution in [0.3, 0.4) is 0 Å². The van der Waals surface area contributed by atoms with Crippen molar-refractivity contribution in [3.63, 3.8) is 0 Å². The van der Waals surface area contributed by atoms with Gasteiger partial charge in [-0.15, -0.1) is 0 Å². The van der Waals surface area contributed by atoms with Crippen LogP contribution in [0.5, 0.6) is 5.75 Å². The summed E-state index contributed by atoms with van der Waals surface area (Å²) in [6.07, 6.45) is 1.87. The number of ether oxygens (including phenoxy) is 3. The van der Waals surface area contributed by atoms with Crippen LogP contribution in [-0.4, -0.2) is 44.4 Å². The van der Waals surface area contributed by atoms with E-state index in [2.05, 4.69) is 4.74 Å². The Labute approximate surface area is 130 Å². The highest BCUT2D eigenvalue weighted by molar-refractivity contribution is 7.94. The summed E-state index contributed by atoms with van der Waals surface area (Å²) in [5.41, 5.74) is -1.01. The molecule has 0 amide bonds. The molecule has 0 unspecified atom stereocenters. The Morgan fingerprint density at radius 1 is 1.27 bits per heavy atom. The third kappa shape index (κ3) is 2.81. The fraction of sp³-hybridized carbons (Fsp3) is 0.462. The predicted octanol–water partition coefficient (Wildman–Crippen LogP) is 0.997. The van der Waals surface area contributed by atoms with Gasteiger partial charge in [-0.3, -0.25) is 4.79 Å². The first-order valence-electron chi connectivity index (χ1n) is 6.33. The van der Waals surface area contributed by atoms with Gasteiger partial charge in [-0.25, -0.2) is 9.59 Å². The van der Waals surface area contributed by atoms with Gasteiger partial charge < -0.3 is 23.0 Å². The van der Waals surface area contributed by atoms with Crippen molar-refractivity contribution in [2.45, 2.75) is 11.8 Å². The number of methoxy groups -OCH3 is 3. The van der Waals surface area contributed by atoms with Crippen molar-refractivity contribution in [3.8, 4) is 5.75 Å². The number of hydrogen-bond donors (Lipinski definition) is 0. The Kier molecular flexibility index (Phi) is 5.09. The van der Waals surface area contributed by atoms with Crippen LogP contribution in [0.15, 0.2) is 11.0 Å². The van der Waals surface area contributed by atoms with Crippen LogP contribution in [0.25, 0.3) is 0 Å². The SMILES string of the molecule is COC(=O)c1cn([C@@H]2CCOS2)c(C(=O)OC)c(OC)c1=O. The monoisotopic (exact) mass is 329 g/mol. The van der Waals surface area contributed by atoms with Gasteiger partial charge in [-0.05, 0) is 0 Å². The number of pyridine rings is 1. The number of hydrogen-bond acceptors (Lipinski definition) is 8. The van der Waals surface area contributed by atoms with Crippen LogP contribution in [-0.2, 0) is 13.7 Å². The van der Waals surface area contributed by atoms with E-state index >= 15 is 0 Å². The van der Waals surface area contributed by atoms with Gasteiger partial charge >= 0.3 is 11.9 Å². The number of carbonyl (C=O) groups is 2. The van der Waals surface area contributed by atoms with E-state index in [1.54, 1.807) is 0 Å². The molecule has 22 heavy (non-hydrogen) atoms. The maximum absolute atomic E-state index is 12.3. The average molecular weight is 329 g/mol. The molecular weight excluding hydrogens is 314 g/mol. The molecule has 0 spiro atoms. The first-order chi connectivity index (χ1) is 10.5. The summed E-state index contributed by atoms with van der Waals surface area (Å²) in [5, 5.41) is -0.285. The zero-order valence-corrected chi connectivity index (χ0v) is 13.1. The topological polar surface area (TPSA) is 93.1 Å². The van der Waals surface area contributed by atoms with Crippen molar-refractivity contribution < 1.29 is 28.0 Å². The molecule has 120 valence electrons. The zero-order valence-electron chi connectivity index (χ0n) is 12.3. The maximum Gasteiger partial charge on any atom is 0.358 e. The van der Waals surface area contributed by atoms with Crippen LogP contribution in [0.4, 0.5) is 0 Å². The minimum Gasteiger partial charge on any atom is -0.491 e. The molecule has 1 aliphatic rings. The molecule has 1 aromatic rings. The number of nitrogens with zero attached hydrogens (tertiary/aromatic N) is 1. The second-order valence-corrected chi connectivity index (χ2v) is 5.28. The molecule has 8 nitrogen and oxygen atoms in total. The van der Waals surface area contributed by atoms with E-state index in [9.17, 15) is 14.4 Å². The van der Waals surface area contributed by atoms with Crippen molar-refractivity contribution >= 4 is 24.0 Å². The highest BCUT2D eigenvalue weighted by Crippen LogP contribution is 2.36. The summed E-state index contributed by atoms with van der Waals surface area (Å²) in [6.45, 7) is 0.484. The second kappa shape index (κ2) is 6.84. The Hall–Kier alpha value is -2.00. The van der Waals surface area contributed by atoms with E-state index in [4.69, 9.17) is 13.7 Å². The molecule has 1 aromatic heterocycles. The van der Waals surface area contributed by atoms with Crippen molar-refractivity contribution in [1.82, 2.24) is 4.57 Å². The van der Waals surface area contributed by atoms with Crippen molar-refractivity contribution in [3.05, 3.63) is 27.7 Å². The third-order valence-corrected chi connectivity index (χ3v) is 4.11. The molecule has 0 N–H and O–H groups in total. The number of esters is 2. The summed E-state index contributed by atoms with van der Waals surface area (Å²) in [7, 11) is 3.61. The maximum atomic E-state index is 12.3. The Morgan fingerprint density at radius 2 is 1.95 bits per heavy atom. The molecule has 0 bridgehead atoms. The van der Waals surface area contributed by atoms with Crippen LogP contribution < -0.4 is 10.2 Å². The first-order valence-corrected chi connectivity index (χ1v) is 7.13. The molecule has 1 aliphatic heterocycles. The van der Waals surface area contributed by atoms with Crippen molar-refractivity contribution in [2.24, 2.45) is 0 Å². The minimum atomic E-state index is -0.808. The van der Waals surface area contributed by atoms with Gasteiger partial charge in [0.2, 0.25) is 5.43 Å². The van der Waals surface area contributed by atoms with Gasteiger partial charge in [0, 0.05) is 24.7 Å². The lowest BCUT2D eigenvalue weighted by atomic mass is 10.2. The Balaban J connectivity index is 2.73. The number of rotatable bonds is 4. The average Bonchev–Trinajstić information content (AvgIpc) is 3.07. The largest absolute Gasteiger partial charge is 0.491 e. The summed E-state index contributed by atoms with van der Waals surface area (Å²) < 4.78 is 21.0. The third-order valence-electron chi connectivity index (χ3n) is 3.12. The molecule has 0 aliphatic carbocycles. The van der Waals surface area contributed by atoms with E-state index in [0.29, 0.717) is 13.0 Å². The van der Waals surface area contributed by atoms with E-state index in [1.807, 2.05) is 0 Å². The number of carbonyl (C=O) groups excluding carboxylic acids is 2. The molecule has 0 aromatic carbocycles. The highest BCUT2D eigenvalue weighted by atomic mass is 32.2. The molecule has 2 heterocycles. The van der Waals surface area contributed by atoms with Gasteiger partial charge in [0.15, 0.2) is 11.4 Å². The summed E-state index contributed by atoms with van der Waals surface area (Å²) in [4.78, 5) is 36.1. The van der Waals surface area contributed by atoms with Gasteiger partial charge in [-0.2, -0.15) is 0 Å². The second-order valence-electron chi connectivity index (χ2n) is 4.31. The van der Waals surface area contributed by atoms with Crippen molar-refractivity contribution in [1.29, 1.82) is 0 Å². The summed E-state index contributed by atoms with van der Waals surface area (Å²) in [6, 6.07) is 0. The fourth-order valence-electron chi connectivity index (χ4n) is 2.09. The van der Waals surface area contributed by atoms with Gasteiger partial charge in [0.1, 0.15) is 10.9 Å². The lowest BCUT2D eigenvalue weighted by Gasteiger charge is -2.19. The molecule has 0 saturated carbocycles. The molecular formula is C13H15NO7S. The quantitative estimate of drug-likeness (QED) is 0.596. The number of aromatic nitrogens is 1. The van der Waals surface area contributed by atoms with Gasteiger partial charge in [-0.1, -0.05) is 0 Å². The van der Waals surface area contributed by atoms with E-state index in [0.717, 1.165) is 12.0 Å². The lowest BCUT2D eigenvalue weighted by molar-refractivity contribution is 0.0568. The standard InChI is InChI=1S/C13H15NO7S/c1-18-11-9(13(17)20-3)14(8-4-5-21-22-8)6-7(10(11)15)12(16)19-2/h6,8H,4-5H2,1-3H3/t8-/m0/s1. The normalized spacial score (nSPS) is 17.1. The molecule has 0 radical (unpaired) electrons. The summed E-state index contributed by atoms with van der Waals surface area (Å²) in [5.74, 6) is -1.81. The first kappa shape index (κ1) is 16.4. The van der Waals surface area contributed by atoms with Crippen molar-refractivity contribution in [2.75, 3.05) is 27.9 Å². The minimum absolute atomic E-state index is 0.0642. The molecule has 1 fully saturated rings. The van der Waals surface area contributed by atoms with E-state index in [1.165, 1.54) is 32.1 Å². The molecule has 2 rings (SSSR count). The summed E-state index contributed by atoms with van der Waals surface area (Å²) >= 11 is 1.14. The lowest BCUT2D eigenvalue weighted by Crippen LogP contribution is -2.27. The molecule has 1 saturated heterocycles. The van der Waals surface area contributed by atoms with Crippen LogP contribution in [0.2, 0.25) is 0 Å². The molecule has 1 atom stereocenters. The van der Waals surface area contributed by atoms with Crippen LogP contribution in [0.1, 0.15) is 32.6 Å². The molecule has 9 heteroatoms. The van der Waals surface area contributed by atoms with E-state index in [-0.39, 0.29) is 22.4 Å².